The third-order valence-corrected chi connectivity index (χ3v) is 25.5. The first-order valence-electron chi connectivity index (χ1n) is 51.9. The van der Waals surface area contributed by atoms with Crippen LogP contribution in [0, 0.1) is 5.41 Å². The molecule has 12 aromatic carbocycles. The molecule has 4 N–H and O–H groups in total. The number of methoxy groups -OCH3 is 2. The normalized spacial score (nSPS) is 11.1. The van der Waals surface area contributed by atoms with Gasteiger partial charge in [0.05, 0.1) is 62.7 Å². The predicted octanol–water partition coefficient (Wildman–Crippen LogP) is 25.6. The second-order valence-corrected chi connectivity index (χ2v) is 37.9. The molecule has 16 rings (SSSR count). The molecule has 150 heavy (non-hydrogen) atoms. The molecule has 0 saturated heterocycles. The molecule has 0 bridgehead atoms. The van der Waals surface area contributed by atoms with Crippen LogP contribution in [0.15, 0.2) is 304 Å². The largest absolute Gasteiger partial charge is 0.496 e. The summed E-state index contributed by atoms with van der Waals surface area (Å²) in [4.78, 5) is 120. The van der Waals surface area contributed by atoms with Crippen LogP contribution in [0.3, 0.4) is 0 Å². The van der Waals surface area contributed by atoms with Gasteiger partial charge in [0.1, 0.15) is 11.5 Å². The Morgan fingerprint density at radius 2 is 0.540 bits per heavy atom. The maximum absolute atomic E-state index is 13.5. The summed E-state index contributed by atoms with van der Waals surface area (Å²) in [6, 6.07) is 90.9. The number of carbonyl (C=O) groups is 8. The Labute approximate surface area is 880 Å². The molecule has 0 aliphatic heterocycles. The lowest BCUT2D eigenvalue weighted by Gasteiger charge is -2.20. The van der Waals surface area contributed by atoms with Crippen molar-refractivity contribution in [1.29, 1.82) is 0 Å². The smallest absolute Gasteiger partial charge is 0.251 e. The van der Waals surface area contributed by atoms with Gasteiger partial charge in [0, 0.05) is 186 Å². The molecular weight excluding hydrogens is 1870 g/mol. The third kappa shape index (κ3) is 31.0. The maximum Gasteiger partial charge on any atom is 0.251 e. The molecule has 0 aliphatic carbocycles. The van der Waals surface area contributed by atoms with Crippen LogP contribution >= 0.6 is 0 Å². The van der Waals surface area contributed by atoms with Crippen molar-refractivity contribution in [2.75, 3.05) is 93.3 Å². The van der Waals surface area contributed by atoms with Gasteiger partial charge < -0.3 is 49.7 Å². The summed E-state index contributed by atoms with van der Waals surface area (Å²) >= 11 is 0. The molecule has 0 fully saturated rings. The van der Waals surface area contributed by atoms with Gasteiger partial charge in [-0.25, -0.2) is 0 Å². The van der Waals surface area contributed by atoms with Crippen molar-refractivity contribution < 1.29 is 66.8 Å². The van der Waals surface area contributed by atoms with E-state index in [0.717, 1.165) is 158 Å². The van der Waals surface area contributed by atoms with Gasteiger partial charge in [0.25, 0.3) is 23.6 Å². The molecule has 22 heteroatoms. The first kappa shape index (κ1) is 111. The Bertz CT molecular complexity index is 7270. The zero-order valence-corrected chi connectivity index (χ0v) is 88.1. The van der Waals surface area contributed by atoms with E-state index in [0.29, 0.717) is 180 Å². The molecule has 0 radical (unpaired) electrons. The molecule has 0 atom stereocenters. The number of ether oxygens (including phenoxy) is 6. The number of carbonyl (C=O) groups excluding carboxylic acids is 8. The van der Waals surface area contributed by atoms with Crippen LogP contribution in [0.2, 0.25) is 0 Å². The molecule has 4 aromatic heterocycles. The SMILES string of the molecule is CCCOCCNC(=O)c1ccc(-c2cc3c(Cc4ccccc4)c(C(=O)CC(C)(C)C)cnc3cc2OC)cc1.CCCOCCNC(=O)c1ccc(-c2cc3c(Cc4ccccc4)c(C(=O)CC)cnc3cc2OC)cc1.CCCOCCNC(=O)c1ccc(-c2ccc3ncc(C(=O)CC)c(Cc4ccccc4)c3c2)cc1.CCCOCCNC(=O)c1ccc(-c2ccc3ncc(C(C)=O)c(Cc4ccccc4)c3c2)cc1. The van der Waals surface area contributed by atoms with Crippen molar-refractivity contribution in [2.45, 2.75) is 140 Å². The summed E-state index contributed by atoms with van der Waals surface area (Å²) < 4.78 is 33.2. The van der Waals surface area contributed by atoms with Gasteiger partial charge in [-0.2, -0.15) is 0 Å². The second kappa shape index (κ2) is 56.4. The topological polar surface area (TPSA) is 292 Å². The number of nitrogens with one attached hydrogen (secondary N) is 4. The number of rotatable bonds is 45. The number of hydrogen-bond acceptors (Lipinski definition) is 18. The number of nitrogens with zero attached hydrogens (tertiary/aromatic N) is 4. The fourth-order valence-electron chi connectivity index (χ4n) is 17.7. The minimum absolute atomic E-state index is 0.00573. The summed E-state index contributed by atoms with van der Waals surface area (Å²) in [6.45, 7) is 26.5. The highest BCUT2D eigenvalue weighted by Crippen LogP contribution is 2.41. The Balaban J connectivity index is 0.000000167. The second-order valence-electron chi connectivity index (χ2n) is 37.9. The van der Waals surface area contributed by atoms with Crippen molar-refractivity contribution in [1.82, 2.24) is 41.2 Å². The quantitative estimate of drug-likeness (QED) is 0.0204. The lowest BCUT2D eigenvalue weighted by Crippen LogP contribution is -2.27. The van der Waals surface area contributed by atoms with E-state index < -0.39 is 0 Å². The molecule has 4 amide bonds. The Morgan fingerprint density at radius 3 is 0.813 bits per heavy atom. The van der Waals surface area contributed by atoms with Gasteiger partial charge in [-0.3, -0.25) is 58.3 Å². The molecule has 772 valence electrons. The van der Waals surface area contributed by atoms with E-state index in [-0.39, 0.29) is 52.2 Å². The third-order valence-electron chi connectivity index (χ3n) is 25.5. The van der Waals surface area contributed by atoms with Gasteiger partial charge in [-0.1, -0.05) is 244 Å². The maximum atomic E-state index is 13.5. The molecule has 16 aromatic rings. The average molecular weight is 2010 g/mol. The number of ketones is 4. The average Bonchev–Trinajstić information content (AvgIpc) is 0.817. The van der Waals surface area contributed by atoms with E-state index in [1.807, 2.05) is 214 Å². The van der Waals surface area contributed by atoms with Crippen molar-refractivity contribution in [3.63, 3.8) is 0 Å². The number of fused-ring (bicyclic) bond motifs is 4. The van der Waals surface area contributed by atoms with Crippen LogP contribution in [-0.4, -0.2) is 160 Å². The molecule has 0 saturated carbocycles. The number of amides is 4. The zero-order valence-electron chi connectivity index (χ0n) is 88.1. The molecule has 22 nitrogen and oxygen atoms in total. The van der Waals surface area contributed by atoms with Crippen molar-refractivity contribution >= 4 is 90.4 Å². The van der Waals surface area contributed by atoms with Gasteiger partial charge in [0.15, 0.2) is 23.1 Å². The fraction of sp³-hybridized carbons (Fsp3) is 0.281. The van der Waals surface area contributed by atoms with Crippen molar-refractivity contribution in [3.05, 3.63) is 393 Å². The monoisotopic (exact) mass is 2010 g/mol. The fourth-order valence-corrected chi connectivity index (χ4v) is 17.7. The molecule has 0 aliphatic rings. The van der Waals surface area contributed by atoms with E-state index in [2.05, 4.69) is 151 Å². The summed E-state index contributed by atoms with van der Waals surface area (Å²) in [5.74, 6) is 1.10. The van der Waals surface area contributed by atoms with E-state index in [4.69, 9.17) is 33.4 Å². The number of Topliss-reactive ketones (excluding diaryl/α,β-unsaturated/α-hetero) is 4. The minimum Gasteiger partial charge on any atom is -0.496 e. The van der Waals surface area contributed by atoms with Crippen molar-refractivity contribution in [3.8, 4) is 56.0 Å². The molecular formula is C128H136N8O14. The molecule has 4 heterocycles. The van der Waals surface area contributed by atoms with Gasteiger partial charge in [-0.05, 0) is 227 Å². The first-order valence-corrected chi connectivity index (χ1v) is 51.9. The van der Waals surface area contributed by atoms with Gasteiger partial charge >= 0.3 is 0 Å². The predicted molar refractivity (Wildman–Crippen MR) is 600 cm³/mol. The van der Waals surface area contributed by atoms with Crippen LogP contribution in [0.1, 0.15) is 242 Å². The van der Waals surface area contributed by atoms with Crippen molar-refractivity contribution in [2.24, 2.45) is 5.41 Å². The standard InChI is InChI=1S/C35H40N2O4.C32H34N2O4.C31H32N2O3.C30H30N2O3/c1-6-17-41-18-16-36-34(39)26-14-12-25(13-15-26)27-20-29-28(19-24-10-8-7-9-11-24)30(32(38)22-35(2,3)4)23-37-31(29)21-33(27)40-5;1-4-16-38-17-15-33-32(36)24-13-11-23(12-14-24)25-19-27-26(18-22-9-7-6-8-10-22)28(30(35)5-2)21-34-29(27)20-31(25)37-3;1-3-17-36-18-16-32-31(35)24-12-10-23(11-13-24)25-14-15-29-27(20-25)26(19-22-8-6-5-7-9-22)28(21-33-29)30(34)4-2;1-3-16-35-17-15-31-30(34)24-11-9-23(10-12-24)25-13-14-29-27(19-25)26(28(20-32-29)21(2)33)18-22-7-5-4-6-8-22/h7-15,20-21,23H,6,16-19,22H2,1-5H3,(H,36,39);6-14,19-21H,4-5,15-18H2,1-3H3,(H,33,36);5-15,20-21H,3-4,16-19H2,1-2H3,(H,32,35);4-14,19-20H,3,15-18H2,1-2H3,(H,31,34). The molecule has 0 spiro atoms. The highest BCUT2D eigenvalue weighted by atomic mass is 16.5. The highest BCUT2D eigenvalue weighted by molar-refractivity contribution is 6.07. The van der Waals surface area contributed by atoms with Crippen LogP contribution in [0.25, 0.3) is 88.1 Å². The van der Waals surface area contributed by atoms with Crippen LogP contribution in [0.4, 0.5) is 0 Å². The number of pyridine rings is 4. The summed E-state index contributed by atoms with van der Waals surface area (Å²) in [7, 11) is 3.27. The summed E-state index contributed by atoms with van der Waals surface area (Å²) in [5.41, 5.74) is 24.1. The Hall–Kier alpha value is -15.7. The van der Waals surface area contributed by atoms with E-state index in [9.17, 15) is 38.4 Å². The Kier molecular flexibility index (Phi) is 41.9. The molecule has 0 unspecified atom stereocenters. The van der Waals surface area contributed by atoms with Crippen LogP contribution in [0.5, 0.6) is 11.5 Å². The minimum atomic E-state index is -0.141. The summed E-state index contributed by atoms with van der Waals surface area (Å²) in [6.07, 6.45) is 14.4. The zero-order chi connectivity index (χ0) is 106. The lowest BCUT2D eigenvalue weighted by atomic mass is 9.85. The van der Waals surface area contributed by atoms with Crippen LogP contribution in [-0.2, 0) is 44.6 Å². The van der Waals surface area contributed by atoms with E-state index in [1.54, 1.807) is 58.1 Å². The first-order chi connectivity index (χ1) is 72.9. The van der Waals surface area contributed by atoms with E-state index in [1.165, 1.54) is 0 Å². The van der Waals surface area contributed by atoms with E-state index >= 15 is 0 Å². The van der Waals surface area contributed by atoms with Gasteiger partial charge in [0.2, 0.25) is 0 Å². The number of aromatic nitrogens is 4. The van der Waals surface area contributed by atoms with Crippen LogP contribution < -0.4 is 30.7 Å². The highest BCUT2D eigenvalue weighted by Gasteiger charge is 2.27. The number of hydrogen-bond donors (Lipinski definition) is 4. The Morgan fingerprint density at radius 1 is 0.280 bits per heavy atom. The van der Waals surface area contributed by atoms with Gasteiger partial charge in [-0.15, -0.1) is 0 Å². The number of benzene rings is 12. The lowest BCUT2D eigenvalue weighted by molar-refractivity contribution is 0.0909. The summed E-state index contributed by atoms with van der Waals surface area (Å²) in [5, 5.41) is 15.3.